The van der Waals surface area contributed by atoms with Crippen LogP contribution in [-0.4, -0.2) is 23.1 Å². The van der Waals surface area contributed by atoms with E-state index in [2.05, 4.69) is 10.3 Å². The SMILES string of the molecule is COc1ccc(O)c(C(=O)Nc2ccncc2N)c1. The molecule has 1 aromatic heterocycles. The van der Waals surface area contributed by atoms with Crippen LogP contribution in [0.2, 0.25) is 0 Å². The van der Waals surface area contributed by atoms with Crippen molar-refractivity contribution in [2.24, 2.45) is 0 Å². The van der Waals surface area contributed by atoms with Gasteiger partial charge in [-0.25, -0.2) is 0 Å². The average Bonchev–Trinajstić information content (AvgIpc) is 2.42. The molecule has 0 atom stereocenters. The van der Waals surface area contributed by atoms with E-state index in [1.54, 1.807) is 12.1 Å². The maximum atomic E-state index is 12.1. The van der Waals surface area contributed by atoms with Crippen LogP contribution in [0.1, 0.15) is 10.4 Å². The molecular weight excluding hydrogens is 246 g/mol. The van der Waals surface area contributed by atoms with E-state index in [-0.39, 0.29) is 11.3 Å². The number of benzene rings is 1. The highest BCUT2D eigenvalue weighted by Crippen LogP contribution is 2.24. The summed E-state index contributed by atoms with van der Waals surface area (Å²) in [6, 6.07) is 5.98. The molecule has 1 aromatic carbocycles. The Kier molecular flexibility index (Phi) is 3.51. The summed E-state index contributed by atoms with van der Waals surface area (Å²) in [6.07, 6.45) is 2.94. The normalized spacial score (nSPS) is 9.95. The molecule has 6 nitrogen and oxygen atoms in total. The summed E-state index contributed by atoms with van der Waals surface area (Å²) in [5.74, 6) is -0.133. The maximum absolute atomic E-state index is 12.1. The Hall–Kier alpha value is -2.76. The zero-order chi connectivity index (χ0) is 13.8. The molecule has 0 unspecified atom stereocenters. The fourth-order valence-corrected chi connectivity index (χ4v) is 1.53. The van der Waals surface area contributed by atoms with Crippen molar-refractivity contribution >= 4 is 17.3 Å². The van der Waals surface area contributed by atoms with Crippen molar-refractivity contribution in [1.82, 2.24) is 4.98 Å². The van der Waals surface area contributed by atoms with Gasteiger partial charge in [0.2, 0.25) is 0 Å². The largest absolute Gasteiger partial charge is 0.507 e. The second-order valence-electron chi connectivity index (χ2n) is 3.80. The molecule has 0 spiro atoms. The van der Waals surface area contributed by atoms with Gasteiger partial charge in [0.25, 0.3) is 5.91 Å². The lowest BCUT2D eigenvalue weighted by Gasteiger charge is -2.09. The molecule has 0 radical (unpaired) electrons. The molecule has 0 bridgehead atoms. The molecule has 0 saturated carbocycles. The number of phenols is 1. The van der Waals surface area contributed by atoms with E-state index < -0.39 is 5.91 Å². The number of aromatic nitrogens is 1. The van der Waals surface area contributed by atoms with Crippen LogP contribution in [0, 0.1) is 0 Å². The van der Waals surface area contributed by atoms with Crippen molar-refractivity contribution in [2.75, 3.05) is 18.2 Å². The number of methoxy groups -OCH3 is 1. The summed E-state index contributed by atoms with van der Waals surface area (Å²) in [7, 11) is 1.48. The summed E-state index contributed by atoms with van der Waals surface area (Å²) in [6.45, 7) is 0. The number of nitrogens with zero attached hydrogens (tertiary/aromatic N) is 1. The number of hydrogen-bond donors (Lipinski definition) is 3. The van der Waals surface area contributed by atoms with Crippen LogP contribution in [0.5, 0.6) is 11.5 Å². The quantitative estimate of drug-likeness (QED) is 0.778. The number of phenolic OH excluding ortho intramolecular Hbond substituents is 1. The molecule has 0 fully saturated rings. The molecule has 0 aliphatic rings. The number of amides is 1. The Bertz CT molecular complexity index is 614. The Labute approximate surface area is 109 Å². The third kappa shape index (κ3) is 2.74. The van der Waals surface area contributed by atoms with Crippen molar-refractivity contribution < 1.29 is 14.6 Å². The number of nitrogens with two attached hydrogens (primary N) is 1. The van der Waals surface area contributed by atoms with E-state index >= 15 is 0 Å². The van der Waals surface area contributed by atoms with Crippen LogP contribution in [0.25, 0.3) is 0 Å². The second kappa shape index (κ2) is 5.26. The predicted molar refractivity (Wildman–Crippen MR) is 71.3 cm³/mol. The van der Waals surface area contributed by atoms with Gasteiger partial charge in [-0.05, 0) is 24.3 Å². The van der Waals surface area contributed by atoms with Gasteiger partial charge in [0.15, 0.2) is 0 Å². The number of pyridine rings is 1. The minimum absolute atomic E-state index is 0.107. The Morgan fingerprint density at radius 1 is 1.42 bits per heavy atom. The third-order valence-corrected chi connectivity index (χ3v) is 2.55. The number of ether oxygens (including phenoxy) is 1. The highest BCUT2D eigenvalue weighted by Gasteiger charge is 2.13. The van der Waals surface area contributed by atoms with Crippen LogP contribution in [0.3, 0.4) is 0 Å². The van der Waals surface area contributed by atoms with Crippen molar-refractivity contribution in [3.8, 4) is 11.5 Å². The molecule has 1 heterocycles. The lowest BCUT2D eigenvalue weighted by Crippen LogP contribution is -2.13. The molecule has 0 aliphatic carbocycles. The van der Waals surface area contributed by atoms with E-state index in [4.69, 9.17) is 10.5 Å². The summed E-state index contributed by atoms with van der Waals surface area (Å²) >= 11 is 0. The van der Waals surface area contributed by atoms with Crippen LogP contribution < -0.4 is 15.8 Å². The molecule has 4 N–H and O–H groups in total. The number of carbonyl (C=O) groups is 1. The summed E-state index contributed by atoms with van der Waals surface area (Å²) < 4.78 is 5.01. The molecular formula is C13H13N3O3. The zero-order valence-corrected chi connectivity index (χ0v) is 10.3. The topological polar surface area (TPSA) is 97.5 Å². The minimum atomic E-state index is -0.477. The number of nitrogen functional groups attached to an aromatic ring is 1. The fourth-order valence-electron chi connectivity index (χ4n) is 1.53. The molecule has 0 saturated heterocycles. The van der Waals surface area contributed by atoms with Gasteiger partial charge in [-0.3, -0.25) is 9.78 Å². The summed E-state index contributed by atoms with van der Waals surface area (Å²) in [4.78, 5) is 15.9. The lowest BCUT2D eigenvalue weighted by atomic mass is 10.1. The summed E-state index contributed by atoms with van der Waals surface area (Å²) in [5.41, 5.74) is 6.56. The van der Waals surface area contributed by atoms with Crippen molar-refractivity contribution in [1.29, 1.82) is 0 Å². The average molecular weight is 259 g/mol. The van der Waals surface area contributed by atoms with Gasteiger partial charge >= 0.3 is 0 Å². The maximum Gasteiger partial charge on any atom is 0.259 e. The van der Waals surface area contributed by atoms with Gasteiger partial charge in [-0.2, -0.15) is 0 Å². The van der Waals surface area contributed by atoms with E-state index in [1.807, 2.05) is 0 Å². The van der Waals surface area contributed by atoms with Crippen molar-refractivity contribution in [3.05, 3.63) is 42.2 Å². The molecule has 19 heavy (non-hydrogen) atoms. The summed E-state index contributed by atoms with van der Waals surface area (Å²) in [5, 5.41) is 12.3. The van der Waals surface area contributed by atoms with Crippen molar-refractivity contribution in [2.45, 2.75) is 0 Å². The van der Waals surface area contributed by atoms with Gasteiger partial charge in [-0.1, -0.05) is 0 Å². The minimum Gasteiger partial charge on any atom is -0.507 e. The van der Waals surface area contributed by atoms with Crippen molar-refractivity contribution in [3.63, 3.8) is 0 Å². The Balaban J connectivity index is 2.28. The number of aromatic hydroxyl groups is 1. The smallest absolute Gasteiger partial charge is 0.259 e. The van der Waals surface area contributed by atoms with Gasteiger partial charge in [0.1, 0.15) is 11.5 Å². The van der Waals surface area contributed by atoms with Crippen LogP contribution in [0.4, 0.5) is 11.4 Å². The van der Waals surface area contributed by atoms with Gasteiger partial charge in [-0.15, -0.1) is 0 Å². The first kappa shape index (κ1) is 12.7. The molecule has 98 valence electrons. The highest BCUT2D eigenvalue weighted by atomic mass is 16.5. The number of nitrogens with one attached hydrogen (secondary N) is 1. The van der Waals surface area contributed by atoms with Crippen LogP contribution >= 0.6 is 0 Å². The first-order valence-corrected chi connectivity index (χ1v) is 5.49. The molecule has 0 aliphatic heterocycles. The number of anilines is 2. The number of carbonyl (C=O) groups excluding carboxylic acids is 1. The standard InChI is InChI=1S/C13H13N3O3/c1-19-8-2-3-12(17)9(6-8)13(18)16-11-4-5-15-7-10(11)14/h2-7,17H,14H2,1H3,(H,15,16,18). The number of rotatable bonds is 3. The first-order valence-electron chi connectivity index (χ1n) is 5.49. The Morgan fingerprint density at radius 2 is 2.21 bits per heavy atom. The lowest BCUT2D eigenvalue weighted by molar-refractivity contribution is 0.102. The first-order chi connectivity index (χ1) is 9.11. The Morgan fingerprint density at radius 3 is 2.89 bits per heavy atom. The van der Waals surface area contributed by atoms with Crippen LogP contribution in [-0.2, 0) is 0 Å². The third-order valence-electron chi connectivity index (χ3n) is 2.55. The predicted octanol–water partition coefficient (Wildman–Crippen LogP) is 1.63. The molecule has 1 amide bonds. The molecule has 2 rings (SSSR count). The highest BCUT2D eigenvalue weighted by molar-refractivity contribution is 6.07. The monoisotopic (exact) mass is 259 g/mol. The van der Waals surface area contributed by atoms with E-state index in [1.165, 1.54) is 31.6 Å². The van der Waals surface area contributed by atoms with Crippen LogP contribution in [0.15, 0.2) is 36.7 Å². The van der Waals surface area contributed by atoms with E-state index in [9.17, 15) is 9.90 Å². The molecule has 2 aromatic rings. The zero-order valence-electron chi connectivity index (χ0n) is 10.3. The second-order valence-corrected chi connectivity index (χ2v) is 3.80. The molecule has 6 heteroatoms. The van der Waals surface area contributed by atoms with E-state index in [0.717, 1.165) is 0 Å². The van der Waals surface area contributed by atoms with Gasteiger partial charge in [0.05, 0.1) is 30.2 Å². The van der Waals surface area contributed by atoms with Gasteiger partial charge in [0, 0.05) is 6.20 Å². The van der Waals surface area contributed by atoms with E-state index in [0.29, 0.717) is 17.1 Å². The number of hydrogen-bond acceptors (Lipinski definition) is 5. The van der Waals surface area contributed by atoms with Gasteiger partial charge < -0.3 is 20.9 Å². The fraction of sp³-hybridized carbons (Fsp3) is 0.0769.